The van der Waals surface area contributed by atoms with Crippen LogP contribution in [0.4, 0.5) is 29.3 Å². The van der Waals surface area contributed by atoms with E-state index < -0.39 is 18.1 Å². The molecule has 5 rings (SSSR count). The molecule has 11 nitrogen and oxygen atoms in total. The highest BCUT2D eigenvalue weighted by Crippen LogP contribution is 2.34. The first kappa shape index (κ1) is 30.2. The molecule has 1 N–H and O–H groups in total. The number of amides is 3. The van der Waals surface area contributed by atoms with Crippen molar-refractivity contribution in [2.45, 2.75) is 33.1 Å². The van der Waals surface area contributed by atoms with E-state index in [1.165, 1.54) is 34.1 Å². The van der Waals surface area contributed by atoms with Gasteiger partial charge >= 0.3 is 12.4 Å². The van der Waals surface area contributed by atoms with Crippen molar-refractivity contribution >= 4 is 40.2 Å². The number of aromatic nitrogens is 4. The van der Waals surface area contributed by atoms with Crippen molar-refractivity contribution in [3.05, 3.63) is 77.7 Å². The van der Waals surface area contributed by atoms with Crippen LogP contribution in [0.25, 0.3) is 17.2 Å². The summed E-state index contributed by atoms with van der Waals surface area (Å²) >= 11 is 1.15. The number of amidine groups is 1. The molecule has 4 aromatic rings. The predicted octanol–water partition coefficient (Wildman–Crippen LogP) is 6.20. The van der Waals surface area contributed by atoms with Crippen LogP contribution in [0.15, 0.2) is 66.0 Å². The second-order valence-corrected chi connectivity index (χ2v) is 10.8. The SMILES string of the molecule is Cc1ccc(C(C)C)c(N2C(=O)CSC2=NC(=O)Nc2ccc(-c3ncn(-c4ccc(OC(F)(F)F)cn4)n3)cc2C#N)c1. The van der Waals surface area contributed by atoms with E-state index >= 15 is 0 Å². The average molecular weight is 621 g/mol. The van der Waals surface area contributed by atoms with Gasteiger partial charge in [0.25, 0.3) is 0 Å². The van der Waals surface area contributed by atoms with Crippen molar-refractivity contribution in [2.24, 2.45) is 4.99 Å². The van der Waals surface area contributed by atoms with Crippen molar-refractivity contribution in [3.8, 4) is 29.0 Å². The Morgan fingerprint density at radius 1 is 1.16 bits per heavy atom. The largest absolute Gasteiger partial charge is 0.573 e. The Bertz CT molecular complexity index is 1810. The maximum atomic E-state index is 13.0. The van der Waals surface area contributed by atoms with E-state index in [0.717, 1.165) is 35.2 Å². The number of nitriles is 1. The Morgan fingerprint density at radius 2 is 1.95 bits per heavy atom. The molecule has 3 amide bonds. The van der Waals surface area contributed by atoms with E-state index in [1.807, 2.05) is 45.0 Å². The fraction of sp³-hybridized carbons (Fsp3) is 0.207. The number of carbonyl (C=O) groups excluding carboxylic acids is 2. The summed E-state index contributed by atoms with van der Waals surface area (Å²) in [7, 11) is 0. The zero-order valence-electron chi connectivity index (χ0n) is 23.5. The molecule has 2 aromatic heterocycles. The molecule has 0 aliphatic carbocycles. The normalized spacial score (nSPS) is 14.3. The Hall–Kier alpha value is -5.23. The molecule has 2 aromatic carbocycles. The highest BCUT2D eigenvalue weighted by atomic mass is 32.2. The molecule has 224 valence electrons. The third kappa shape index (κ3) is 6.70. The van der Waals surface area contributed by atoms with Crippen LogP contribution in [0, 0.1) is 18.3 Å². The molecule has 44 heavy (non-hydrogen) atoms. The van der Waals surface area contributed by atoms with E-state index in [-0.39, 0.29) is 45.6 Å². The van der Waals surface area contributed by atoms with Crippen LogP contribution in [0.2, 0.25) is 0 Å². The number of nitrogens with zero attached hydrogens (tertiary/aromatic N) is 7. The highest BCUT2D eigenvalue weighted by Gasteiger charge is 2.33. The summed E-state index contributed by atoms with van der Waals surface area (Å²) in [4.78, 5) is 39.5. The molecule has 1 aliphatic rings. The lowest BCUT2D eigenvalue weighted by Crippen LogP contribution is -2.31. The fourth-order valence-corrected chi connectivity index (χ4v) is 5.20. The summed E-state index contributed by atoms with van der Waals surface area (Å²) in [6.07, 6.45) is -2.62. The van der Waals surface area contributed by atoms with Gasteiger partial charge in [0, 0.05) is 5.56 Å². The third-order valence-electron chi connectivity index (χ3n) is 6.33. The number of carbonyl (C=O) groups is 2. The smallest absolute Gasteiger partial charge is 0.404 e. The first-order chi connectivity index (χ1) is 20.9. The number of benzene rings is 2. The number of pyridine rings is 1. The Morgan fingerprint density at radius 3 is 2.64 bits per heavy atom. The predicted molar refractivity (Wildman–Crippen MR) is 158 cm³/mol. The van der Waals surface area contributed by atoms with Gasteiger partial charge < -0.3 is 10.1 Å². The monoisotopic (exact) mass is 620 g/mol. The number of ether oxygens (including phenoxy) is 1. The van der Waals surface area contributed by atoms with Crippen LogP contribution < -0.4 is 15.0 Å². The second kappa shape index (κ2) is 12.2. The van der Waals surface area contributed by atoms with Gasteiger partial charge in [0.2, 0.25) is 5.91 Å². The van der Waals surface area contributed by atoms with Gasteiger partial charge in [-0.05, 0) is 60.4 Å². The molecule has 0 bridgehead atoms. The number of urea groups is 1. The molecule has 0 spiro atoms. The number of rotatable bonds is 6. The minimum Gasteiger partial charge on any atom is -0.404 e. The average Bonchev–Trinajstić information content (AvgIpc) is 3.59. The van der Waals surface area contributed by atoms with Gasteiger partial charge in [0.05, 0.1) is 28.9 Å². The van der Waals surface area contributed by atoms with Gasteiger partial charge in [-0.3, -0.25) is 9.69 Å². The molecule has 1 fully saturated rings. The van der Waals surface area contributed by atoms with Gasteiger partial charge in [0.15, 0.2) is 16.8 Å². The van der Waals surface area contributed by atoms with Crippen molar-refractivity contribution in [2.75, 3.05) is 16.0 Å². The zero-order chi connectivity index (χ0) is 31.6. The molecule has 0 saturated carbocycles. The van der Waals surface area contributed by atoms with E-state index in [1.54, 1.807) is 6.07 Å². The highest BCUT2D eigenvalue weighted by molar-refractivity contribution is 8.15. The van der Waals surface area contributed by atoms with Gasteiger partial charge in [-0.25, -0.2) is 19.4 Å². The van der Waals surface area contributed by atoms with E-state index in [0.29, 0.717) is 11.3 Å². The molecule has 0 unspecified atom stereocenters. The van der Waals surface area contributed by atoms with Crippen molar-refractivity contribution in [3.63, 3.8) is 0 Å². The molecular weight excluding hydrogens is 597 g/mol. The summed E-state index contributed by atoms with van der Waals surface area (Å²) in [6.45, 7) is 5.95. The van der Waals surface area contributed by atoms with Gasteiger partial charge in [-0.1, -0.05) is 37.7 Å². The lowest BCUT2D eigenvalue weighted by Gasteiger charge is -2.22. The van der Waals surface area contributed by atoms with Gasteiger partial charge in [-0.2, -0.15) is 10.3 Å². The first-order valence-electron chi connectivity index (χ1n) is 13.1. The summed E-state index contributed by atoms with van der Waals surface area (Å²) in [5.41, 5.74) is 3.31. The molecule has 15 heteroatoms. The Labute approximate surface area is 253 Å². The van der Waals surface area contributed by atoms with Crippen LogP contribution in [-0.2, 0) is 4.79 Å². The summed E-state index contributed by atoms with van der Waals surface area (Å²) in [5, 5.41) is 16.9. The standard InChI is InChI=1S/C29H23F3N8O3S/c1-16(2)21-7-4-17(3)10-23(21)40-25(41)14-44-28(40)37-27(42)36-22-8-5-18(11-19(22)12-33)26-35-15-39(38-26)24-9-6-20(13-34-24)43-29(30,31)32/h4-11,13,15-16H,14H2,1-3H3,(H,36,42). The van der Waals surface area contributed by atoms with Crippen molar-refractivity contribution in [1.82, 2.24) is 19.7 Å². The summed E-state index contributed by atoms with van der Waals surface area (Å²) < 4.78 is 42.3. The van der Waals surface area contributed by atoms with E-state index in [9.17, 15) is 28.0 Å². The number of halogens is 3. The van der Waals surface area contributed by atoms with Gasteiger partial charge in [0.1, 0.15) is 18.1 Å². The number of hydrogen-bond acceptors (Lipinski definition) is 8. The zero-order valence-corrected chi connectivity index (χ0v) is 24.3. The molecular formula is C29H23F3N8O3S. The fourth-order valence-electron chi connectivity index (χ4n) is 4.34. The number of aryl methyl sites for hydroxylation is 1. The number of anilines is 2. The number of thioether (sulfide) groups is 1. The van der Waals surface area contributed by atoms with Crippen LogP contribution >= 0.6 is 11.8 Å². The minimum absolute atomic E-state index is 0.104. The summed E-state index contributed by atoms with van der Waals surface area (Å²) in [5.74, 6) is -0.0199. The van der Waals surface area contributed by atoms with Crippen LogP contribution in [0.3, 0.4) is 0 Å². The molecule has 1 saturated heterocycles. The summed E-state index contributed by atoms with van der Waals surface area (Å²) in [6, 6.07) is 14.0. The Balaban J connectivity index is 1.34. The van der Waals surface area contributed by atoms with Crippen molar-refractivity contribution in [1.29, 1.82) is 5.26 Å². The number of hydrogen-bond donors (Lipinski definition) is 1. The molecule has 3 heterocycles. The van der Waals surface area contributed by atoms with Crippen LogP contribution in [0.1, 0.15) is 36.5 Å². The van der Waals surface area contributed by atoms with Crippen LogP contribution in [-0.4, -0.2) is 49.0 Å². The second-order valence-electron chi connectivity index (χ2n) is 9.84. The lowest BCUT2D eigenvalue weighted by atomic mass is 9.99. The maximum absolute atomic E-state index is 13.0. The van der Waals surface area contributed by atoms with Crippen LogP contribution in [0.5, 0.6) is 5.75 Å². The molecule has 0 atom stereocenters. The minimum atomic E-state index is -4.84. The number of nitrogens with one attached hydrogen (secondary N) is 1. The Kier molecular flexibility index (Phi) is 8.36. The number of alkyl halides is 3. The number of aliphatic imine (C=N–C) groups is 1. The lowest BCUT2D eigenvalue weighted by molar-refractivity contribution is -0.274. The first-order valence-corrected chi connectivity index (χ1v) is 14.0. The topological polar surface area (TPSA) is 138 Å². The van der Waals surface area contributed by atoms with E-state index in [4.69, 9.17) is 0 Å². The van der Waals surface area contributed by atoms with Crippen molar-refractivity contribution < 1.29 is 27.5 Å². The molecule has 1 aliphatic heterocycles. The quantitative estimate of drug-likeness (QED) is 0.269. The van der Waals surface area contributed by atoms with Gasteiger partial charge in [-0.15, -0.1) is 18.3 Å². The molecule has 0 radical (unpaired) electrons. The maximum Gasteiger partial charge on any atom is 0.573 e. The van der Waals surface area contributed by atoms with E-state index in [2.05, 4.69) is 30.1 Å². The third-order valence-corrected chi connectivity index (χ3v) is 7.26.